The Hall–Kier alpha value is -2.25. The number of sulfonamides is 1. The number of hydrogen-bond donors (Lipinski definition) is 1. The van der Waals surface area contributed by atoms with Crippen LogP contribution in [0.1, 0.15) is 16.7 Å². The van der Waals surface area contributed by atoms with Crippen molar-refractivity contribution in [1.82, 2.24) is 14.6 Å². The number of hydrogen-bond acceptors (Lipinski definition) is 4. The Kier molecular flexibility index (Phi) is 6.05. The van der Waals surface area contributed by atoms with Crippen molar-refractivity contribution in [2.75, 3.05) is 12.8 Å². The quantitative estimate of drug-likeness (QED) is 0.822. The summed E-state index contributed by atoms with van der Waals surface area (Å²) >= 11 is 0. The van der Waals surface area contributed by atoms with Crippen molar-refractivity contribution in [1.29, 1.82) is 0 Å². The van der Waals surface area contributed by atoms with E-state index in [1.807, 2.05) is 31.2 Å². The molecule has 1 heterocycles. The third kappa shape index (κ3) is 5.75. The lowest BCUT2D eigenvalue weighted by atomic mass is 10.1. The number of aryl methyl sites for hydroxylation is 1. The topological polar surface area (TPSA) is 79.4 Å². The Morgan fingerprint density at radius 3 is 2.29 bits per heavy atom. The molecule has 1 N–H and O–H groups in total. The highest BCUT2D eigenvalue weighted by Crippen LogP contribution is 2.07. The van der Waals surface area contributed by atoms with Gasteiger partial charge in [-0.3, -0.25) is 9.78 Å². The van der Waals surface area contributed by atoms with Crippen LogP contribution in [-0.4, -0.2) is 36.4 Å². The minimum atomic E-state index is -3.49. The SMILES string of the molecule is Cc1ccc(CNC(=O)CN(Cc2ccncc2)S(C)(=O)=O)cc1. The highest BCUT2D eigenvalue weighted by Gasteiger charge is 2.20. The largest absolute Gasteiger partial charge is 0.351 e. The lowest BCUT2D eigenvalue weighted by Crippen LogP contribution is -2.39. The van der Waals surface area contributed by atoms with Gasteiger partial charge >= 0.3 is 0 Å². The maximum Gasteiger partial charge on any atom is 0.235 e. The van der Waals surface area contributed by atoms with E-state index in [1.54, 1.807) is 24.5 Å². The molecule has 0 bridgehead atoms. The van der Waals surface area contributed by atoms with Crippen LogP contribution in [0.2, 0.25) is 0 Å². The van der Waals surface area contributed by atoms with Gasteiger partial charge in [0.25, 0.3) is 0 Å². The van der Waals surface area contributed by atoms with Gasteiger partial charge in [0.1, 0.15) is 0 Å². The Bertz CT molecular complexity index is 774. The van der Waals surface area contributed by atoms with Gasteiger partial charge in [0.2, 0.25) is 15.9 Å². The van der Waals surface area contributed by atoms with Gasteiger partial charge < -0.3 is 5.32 Å². The van der Waals surface area contributed by atoms with Crippen molar-refractivity contribution in [2.24, 2.45) is 0 Å². The predicted octanol–water partition coefficient (Wildman–Crippen LogP) is 1.47. The second-order valence-corrected chi connectivity index (χ2v) is 7.63. The van der Waals surface area contributed by atoms with Gasteiger partial charge in [0.15, 0.2) is 0 Å². The fraction of sp³-hybridized carbons (Fsp3) is 0.294. The second-order valence-electron chi connectivity index (χ2n) is 5.65. The third-order valence-corrected chi connectivity index (χ3v) is 4.70. The van der Waals surface area contributed by atoms with Crippen molar-refractivity contribution >= 4 is 15.9 Å². The molecule has 6 nitrogen and oxygen atoms in total. The fourth-order valence-corrected chi connectivity index (χ4v) is 2.84. The van der Waals surface area contributed by atoms with Crippen LogP contribution in [0, 0.1) is 6.92 Å². The lowest BCUT2D eigenvalue weighted by Gasteiger charge is -2.19. The molecule has 0 radical (unpaired) electrons. The Labute approximate surface area is 142 Å². The first-order valence-corrected chi connectivity index (χ1v) is 9.36. The molecule has 1 aromatic carbocycles. The molecule has 0 saturated carbocycles. The van der Waals surface area contributed by atoms with Gasteiger partial charge in [-0.1, -0.05) is 29.8 Å². The van der Waals surface area contributed by atoms with Crippen LogP contribution < -0.4 is 5.32 Å². The Morgan fingerprint density at radius 1 is 1.08 bits per heavy atom. The molecule has 7 heteroatoms. The normalized spacial score (nSPS) is 11.5. The molecular formula is C17H21N3O3S. The van der Waals surface area contributed by atoms with E-state index in [2.05, 4.69) is 10.3 Å². The second kappa shape index (κ2) is 8.03. The Morgan fingerprint density at radius 2 is 1.71 bits per heavy atom. The minimum absolute atomic E-state index is 0.138. The molecule has 0 atom stereocenters. The molecule has 0 aliphatic carbocycles. The van der Waals surface area contributed by atoms with E-state index in [1.165, 1.54) is 0 Å². The lowest BCUT2D eigenvalue weighted by molar-refractivity contribution is -0.121. The zero-order valence-corrected chi connectivity index (χ0v) is 14.6. The molecule has 24 heavy (non-hydrogen) atoms. The van der Waals surface area contributed by atoms with Crippen LogP contribution in [0.4, 0.5) is 0 Å². The number of pyridine rings is 1. The first-order valence-electron chi connectivity index (χ1n) is 7.51. The highest BCUT2D eigenvalue weighted by molar-refractivity contribution is 7.88. The summed E-state index contributed by atoms with van der Waals surface area (Å²) in [5.74, 6) is -0.338. The summed E-state index contributed by atoms with van der Waals surface area (Å²) in [4.78, 5) is 16.0. The summed E-state index contributed by atoms with van der Waals surface area (Å²) in [5, 5.41) is 2.75. The van der Waals surface area contributed by atoms with E-state index >= 15 is 0 Å². The fourth-order valence-electron chi connectivity index (χ4n) is 2.10. The monoisotopic (exact) mass is 347 g/mol. The highest BCUT2D eigenvalue weighted by atomic mass is 32.2. The van der Waals surface area contributed by atoms with Gasteiger partial charge in [-0.25, -0.2) is 8.42 Å². The standard InChI is InChI=1S/C17H21N3O3S/c1-14-3-5-15(6-4-14)11-19-17(21)13-20(24(2,22)23)12-16-7-9-18-10-8-16/h3-10H,11-13H2,1-2H3,(H,19,21). The number of benzene rings is 1. The van der Waals surface area contributed by atoms with Crippen molar-refractivity contribution in [2.45, 2.75) is 20.0 Å². The molecule has 1 aromatic heterocycles. The van der Waals surface area contributed by atoms with Crippen LogP contribution in [0.3, 0.4) is 0 Å². The van der Waals surface area contributed by atoms with E-state index in [-0.39, 0.29) is 19.0 Å². The summed E-state index contributed by atoms with van der Waals surface area (Å²) < 4.78 is 25.0. The van der Waals surface area contributed by atoms with Gasteiger partial charge in [0.05, 0.1) is 12.8 Å². The molecule has 0 fully saturated rings. The molecule has 0 unspecified atom stereocenters. The maximum absolute atomic E-state index is 12.1. The van der Waals surface area contributed by atoms with Crippen molar-refractivity contribution in [3.05, 3.63) is 65.5 Å². The number of carbonyl (C=O) groups is 1. The number of nitrogens with zero attached hydrogens (tertiary/aromatic N) is 2. The van der Waals surface area contributed by atoms with Crippen LogP contribution in [-0.2, 0) is 27.9 Å². The maximum atomic E-state index is 12.1. The molecule has 0 aliphatic heterocycles. The number of rotatable bonds is 7. The van der Waals surface area contributed by atoms with E-state index in [9.17, 15) is 13.2 Å². The van der Waals surface area contributed by atoms with Gasteiger partial charge in [-0.2, -0.15) is 4.31 Å². The number of amides is 1. The molecule has 2 rings (SSSR count). The average Bonchev–Trinajstić information content (AvgIpc) is 2.54. The zero-order valence-electron chi connectivity index (χ0n) is 13.8. The van der Waals surface area contributed by atoms with Crippen LogP contribution in [0.25, 0.3) is 0 Å². The van der Waals surface area contributed by atoms with E-state index in [4.69, 9.17) is 0 Å². The average molecular weight is 347 g/mol. The zero-order chi connectivity index (χ0) is 17.6. The van der Waals surface area contributed by atoms with Crippen molar-refractivity contribution < 1.29 is 13.2 Å². The molecule has 2 aromatic rings. The summed E-state index contributed by atoms with van der Waals surface area (Å²) in [6, 6.07) is 11.2. The minimum Gasteiger partial charge on any atom is -0.351 e. The van der Waals surface area contributed by atoms with Crippen LogP contribution in [0.15, 0.2) is 48.8 Å². The van der Waals surface area contributed by atoms with Crippen molar-refractivity contribution in [3.8, 4) is 0 Å². The number of aromatic nitrogens is 1. The summed E-state index contributed by atoms with van der Waals surface area (Å²) in [7, 11) is -3.49. The summed E-state index contributed by atoms with van der Waals surface area (Å²) in [5.41, 5.74) is 2.89. The molecule has 1 amide bonds. The van der Waals surface area contributed by atoms with Crippen LogP contribution >= 0.6 is 0 Å². The smallest absolute Gasteiger partial charge is 0.235 e. The number of carbonyl (C=O) groups excluding carboxylic acids is 1. The third-order valence-electron chi connectivity index (χ3n) is 3.51. The van der Waals surface area contributed by atoms with Crippen LogP contribution in [0.5, 0.6) is 0 Å². The van der Waals surface area contributed by atoms with E-state index in [0.717, 1.165) is 27.3 Å². The van der Waals surface area contributed by atoms with E-state index < -0.39 is 10.0 Å². The predicted molar refractivity (Wildman–Crippen MR) is 92.5 cm³/mol. The van der Waals surface area contributed by atoms with E-state index in [0.29, 0.717) is 6.54 Å². The molecule has 0 saturated heterocycles. The van der Waals surface area contributed by atoms with Gasteiger partial charge in [0, 0.05) is 25.5 Å². The number of nitrogens with one attached hydrogen (secondary N) is 1. The molecular weight excluding hydrogens is 326 g/mol. The summed E-state index contributed by atoms with van der Waals surface area (Å²) in [6.07, 6.45) is 4.28. The molecule has 0 spiro atoms. The molecule has 128 valence electrons. The van der Waals surface area contributed by atoms with Gasteiger partial charge in [-0.05, 0) is 30.2 Å². The van der Waals surface area contributed by atoms with Gasteiger partial charge in [-0.15, -0.1) is 0 Å². The van der Waals surface area contributed by atoms with Crippen molar-refractivity contribution in [3.63, 3.8) is 0 Å². The first-order chi connectivity index (χ1) is 11.3. The summed E-state index contributed by atoms with van der Waals surface area (Å²) in [6.45, 7) is 2.28. The first kappa shape index (κ1) is 18.1. The molecule has 0 aliphatic rings. The Balaban J connectivity index is 1.96.